The predicted molar refractivity (Wildman–Crippen MR) is 128 cm³/mol. The van der Waals surface area contributed by atoms with Gasteiger partial charge >= 0.3 is 5.97 Å². The summed E-state index contributed by atoms with van der Waals surface area (Å²) in [5.74, 6) is -0.560. The van der Waals surface area contributed by atoms with Gasteiger partial charge in [-0.05, 0) is 37.1 Å². The minimum Gasteiger partial charge on any atom is -0.463 e. The number of para-hydroxylation sites is 1. The number of H-pyrrole nitrogens is 1. The lowest BCUT2D eigenvalue weighted by Crippen LogP contribution is -2.41. The van der Waals surface area contributed by atoms with Crippen molar-refractivity contribution in [1.29, 1.82) is 0 Å². The molecule has 0 spiro atoms. The quantitative estimate of drug-likeness (QED) is 0.215. The van der Waals surface area contributed by atoms with Crippen molar-refractivity contribution in [3.05, 3.63) is 65.9 Å². The van der Waals surface area contributed by atoms with Gasteiger partial charge < -0.3 is 15.0 Å². The lowest BCUT2D eigenvalue weighted by Gasteiger charge is -2.19. The first-order chi connectivity index (χ1) is 14.7. The van der Waals surface area contributed by atoms with Crippen molar-refractivity contribution in [1.82, 2.24) is 15.0 Å². The van der Waals surface area contributed by atoms with Crippen LogP contribution in [0.15, 0.2) is 59.6 Å². The van der Waals surface area contributed by atoms with Crippen molar-refractivity contribution in [3.63, 3.8) is 0 Å². The predicted octanol–water partition coefficient (Wildman–Crippen LogP) is 2.71. The Morgan fingerprint density at radius 2 is 1.90 bits per heavy atom. The fourth-order valence-corrected chi connectivity index (χ4v) is 4.47. The van der Waals surface area contributed by atoms with Crippen LogP contribution >= 0.6 is 24.8 Å². The van der Waals surface area contributed by atoms with E-state index >= 15 is 0 Å². The third-order valence-electron chi connectivity index (χ3n) is 4.62. The lowest BCUT2D eigenvalue weighted by atomic mass is 10.1. The molecule has 3 rings (SSSR count). The van der Waals surface area contributed by atoms with Gasteiger partial charge in [-0.3, -0.25) is 4.79 Å². The summed E-state index contributed by atoms with van der Waals surface area (Å²) in [6, 6.07) is 13.6. The van der Waals surface area contributed by atoms with Crippen LogP contribution < -0.4 is 10.0 Å². The number of aromatic amines is 1. The van der Waals surface area contributed by atoms with Gasteiger partial charge in [0.15, 0.2) is 0 Å². The molecule has 0 saturated carbocycles. The number of aryl methyl sites for hydroxylation is 1. The van der Waals surface area contributed by atoms with E-state index in [1.807, 2.05) is 37.4 Å². The van der Waals surface area contributed by atoms with E-state index in [0.717, 1.165) is 22.0 Å². The summed E-state index contributed by atoms with van der Waals surface area (Å²) >= 11 is 8.65. The van der Waals surface area contributed by atoms with Crippen molar-refractivity contribution < 1.29 is 17.9 Å². The Morgan fingerprint density at radius 1 is 1.19 bits per heavy atom. The largest absolute Gasteiger partial charge is 0.463 e. The third-order valence-corrected chi connectivity index (χ3v) is 6.46. The number of thiol groups is 1. The Balaban J connectivity index is 1.78. The molecule has 3 N–H and O–H groups in total. The third kappa shape index (κ3) is 6.54. The second kappa shape index (κ2) is 10.3. The zero-order chi connectivity index (χ0) is 22.4. The number of nitrogens with one attached hydrogen (secondary N) is 3. The minimum atomic E-state index is -3.81. The van der Waals surface area contributed by atoms with Crippen molar-refractivity contribution in [2.45, 2.75) is 24.3 Å². The molecule has 3 aromatic rings. The fourth-order valence-electron chi connectivity index (χ4n) is 3.10. The van der Waals surface area contributed by atoms with Crippen LogP contribution in [0.25, 0.3) is 10.9 Å². The number of hydrogen-bond acceptors (Lipinski definition) is 5. The number of hydrogen-bond donors (Lipinski definition) is 4. The molecular formula is C21H23N3O4S3. The molecule has 31 heavy (non-hydrogen) atoms. The molecule has 164 valence electrons. The summed E-state index contributed by atoms with van der Waals surface area (Å²) in [5, 5.41) is 3.58. The van der Waals surface area contributed by atoms with Gasteiger partial charge in [-0.1, -0.05) is 48.1 Å². The molecule has 0 aliphatic rings. The Bertz CT molecular complexity index is 1170. The highest BCUT2D eigenvalue weighted by Crippen LogP contribution is 2.20. The van der Waals surface area contributed by atoms with Crippen molar-refractivity contribution in [3.8, 4) is 0 Å². The van der Waals surface area contributed by atoms with Gasteiger partial charge in [-0.2, -0.15) is 0 Å². The van der Waals surface area contributed by atoms with Crippen LogP contribution in [0.1, 0.15) is 11.1 Å². The average molecular weight is 478 g/mol. The smallest absolute Gasteiger partial charge is 0.325 e. The highest BCUT2D eigenvalue weighted by molar-refractivity contribution is 8.11. The van der Waals surface area contributed by atoms with E-state index in [9.17, 15) is 13.2 Å². The van der Waals surface area contributed by atoms with Crippen molar-refractivity contribution in [2.75, 3.05) is 13.2 Å². The molecule has 1 atom stereocenters. The first kappa shape index (κ1) is 23.3. The van der Waals surface area contributed by atoms with Crippen LogP contribution in [0.5, 0.6) is 0 Å². The molecule has 1 heterocycles. The van der Waals surface area contributed by atoms with E-state index in [2.05, 4.69) is 27.7 Å². The van der Waals surface area contributed by atoms with Crippen molar-refractivity contribution >= 4 is 56.1 Å². The van der Waals surface area contributed by atoms with Crippen LogP contribution in [0, 0.1) is 6.92 Å². The van der Waals surface area contributed by atoms with Crippen LogP contribution in [0.4, 0.5) is 0 Å². The molecule has 0 bridgehead atoms. The molecule has 0 radical (unpaired) electrons. The Labute approximate surface area is 192 Å². The van der Waals surface area contributed by atoms with Gasteiger partial charge in [0.05, 0.1) is 10.9 Å². The molecule has 0 amide bonds. The van der Waals surface area contributed by atoms with E-state index in [4.69, 9.17) is 17.0 Å². The fraction of sp³-hybridized carbons (Fsp3) is 0.238. The highest BCUT2D eigenvalue weighted by Gasteiger charge is 2.23. The van der Waals surface area contributed by atoms with Crippen LogP contribution in [0.2, 0.25) is 0 Å². The molecule has 0 aliphatic carbocycles. The van der Waals surface area contributed by atoms with E-state index < -0.39 is 22.0 Å². The molecule has 1 aromatic heterocycles. The van der Waals surface area contributed by atoms with Crippen LogP contribution in [0.3, 0.4) is 0 Å². The summed E-state index contributed by atoms with van der Waals surface area (Å²) in [6.07, 6.45) is 2.17. The van der Waals surface area contributed by atoms with E-state index in [0.29, 0.717) is 6.42 Å². The molecule has 0 fully saturated rings. The van der Waals surface area contributed by atoms with Gasteiger partial charge in [0, 0.05) is 17.1 Å². The van der Waals surface area contributed by atoms with Crippen molar-refractivity contribution in [2.24, 2.45) is 0 Å². The molecule has 2 aromatic carbocycles. The first-order valence-electron chi connectivity index (χ1n) is 9.51. The number of aromatic nitrogens is 1. The molecule has 7 nitrogen and oxygen atoms in total. The SMILES string of the molecule is Cc1ccc(S(=O)(=O)N[C@H](COC(=O)CNC(=S)S)Cc2c[nH]c3ccccc23)cc1. The Kier molecular flexibility index (Phi) is 7.71. The molecule has 0 aliphatic heterocycles. The van der Waals surface area contributed by atoms with Gasteiger partial charge in [0.25, 0.3) is 0 Å². The maximum Gasteiger partial charge on any atom is 0.325 e. The second-order valence-electron chi connectivity index (χ2n) is 7.04. The molecular weight excluding hydrogens is 454 g/mol. The second-order valence-corrected chi connectivity index (χ2v) is 9.91. The van der Waals surface area contributed by atoms with Crippen LogP contribution in [-0.4, -0.2) is 42.9 Å². The van der Waals surface area contributed by atoms with Gasteiger partial charge in [-0.25, -0.2) is 13.1 Å². The Morgan fingerprint density at radius 3 is 2.61 bits per heavy atom. The summed E-state index contributed by atoms with van der Waals surface area (Å²) < 4.78 is 33.9. The standard InChI is InChI=1S/C21H23N3O4S3/c1-14-6-8-17(9-7-14)31(26,27)24-16(13-28-20(25)12-23-21(29)30)10-15-11-22-19-5-3-2-4-18(15)19/h2-9,11,16,22,24H,10,12-13H2,1H3,(H2,23,29,30)/t16-/m0/s1. The summed E-state index contributed by atoms with van der Waals surface area (Å²) in [7, 11) is -3.81. The van der Waals surface area contributed by atoms with Crippen LogP contribution in [-0.2, 0) is 26.0 Å². The number of carbonyl (C=O) groups excluding carboxylic acids is 1. The number of benzene rings is 2. The van der Waals surface area contributed by atoms with E-state index in [1.165, 1.54) is 0 Å². The monoisotopic (exact) mass is 477 g/mol. The number of esters is 1. The van der Waals surface area contributed by atoms with Gasteiger partial charge in [0.2, 0.25) is 10.0 Å². The molecule has 10 heteroatoms. The summed E-state index contributed by atoms with van der Waals surface area (Å²) in [6.45, 7) is 1.60. The number of rotatable bonds is 9. The molecule has 0 unspecified atom stereocenters. The van der Waals surface area contributed by atoms with E-state index in [1.54, 1.807) is 24.3 Å². The zero-order valence-electron chi connectivity index (χ0n) is 16.8. The zero-order valence-corrected chi connectivity index (χ0v) is 19.3. The minimum absolute atomic E-state index is 0.134. The topological polar surface area (TPSA) is 100 Å². The Hall–Kier alpha value is -2.40. The first-order valence-corrected chi connectivity index (χ1v) is 11.8. The normalized spacial score (nSPS) is 12.5. The maximum atomic E-state index is 12.9. The van der Waals surface area contributed by atoms with Gasteiger partial charge in [-0.15, -0.1) is 12.6 Å². The number of fused-ring (bicyclic) bond motifs is 1. The number of carbonyl (C=O) groups is 1. The number of sulfonamides is 1. The van der Waals surface area contributed by atoms with E-state index in [-0.39, 0.29) is 22.4 Å². The van der Waals surface area contributed by atoms with Gasteiger partial charge in [0.1, 0.15) is 17.5 Å². The highest BCUT2D eigenvalue weighted by atomic mass is 32.2. The summed E-state index contributed by atoms with van der Waals surface area (Å²) in [4.78, 5) is 15.3. The maximum absolute atomic E-state index is 12.9. The summed E-state index contributed by atoms with van der Waals surface area (Å²) in [5.41, 5.74) is 2.82. The lowest BCUT2D eigenvalue weighted by molar-refractivity contribution is -0.142. The number of thiocarbonyl (C=S) groups is 1. The molecule has 0 saturated heterocycles. The number of ether oxygens (including phenoxy) is 1. The average Bonchev–Trinajstić information content (AvgIpc) is 3.13.